The van der Waals surface area contributed by atoms with E-state index >= 15 is 0 Å². The fourth-order valence-electron chi connectivity index (χ4n) is 5.67. The monoisotopic (exact) mass is 913 g/mol. The lowest BCUT2D eigenvalue weighted by atomic mass is 10.1. The number of carbonyl (C=O) groups is 2. The topological polar surface area (TPSA) is 327 Å². The molecule has 320 valence electrons. The lowest BCUT2D eigenvalue weighted by Gasteiger charge is -2.25. The first-order chi connectivity index (χ1) is 28.4. The van der Waals surface area contributed by atoms with E-state index in [2.05, 4.69) is 32.4 Å². The van der Waals surface area contributed by atoms with E-state index in [-0.39, 0.29) is 29.8 Å². The van der Waals surface area contributed by atoms with E-state index in [0.29, 0.717) is 16.7 Å². The van der Waals surface area contributed by atoms with E-state index in [0.717, 1.165) is 6.33 Å². The van der Waals surface area contributed by atoms with Crippen molar-refractivity contribution < 1.29 is 83.6 Å². The Morgan fingerprint density at radius 3 is 1.68 bits per heavy atom. The van der Waals surface area contributed by atoms with Gasteiger partial charge in [0.1, 0.15) is 17.9 Å². The van der Waals surface area contributed by atoms with Gasteiger partial charge in [-0.2, -0.15) is 12.9 Å². The summed E-state index contributed by atoms with van der Waals surface area (Å²) in [5, 5.41) is 0. The predicted molar refractivity (Wildman–Crippen MR) is 203 cm³/mol. The Labute approximate surface area is 339 Å². The number of nitrogens with two attached hydrogens (primary N) is 1. The van der Waals surface area contributed by atoms with Crippen LogP contribution in [-0.4, -0.2) is 76.0 Å². The molecule has 0 bridgehead atoms. The summed E-state index contributed by atoms with van der Waals surface area (Å²) in [6, 6.07) is 24.5. The van der Waals surface area contributed by atoms with Crippen LogP contribution < -0.4 is 5.73 Å². The molecule has 5 aromatic rings. The van der Waals surface area contributed by atoms with Crippen LogP contribution in [0.4, 0.5) is 5.82 Å². The van der Waals surface area contributed by atoms with Gasteiger partial charge in [0.05, 0.1) is 32.4 Å². The first-order valence-electron chi connectivity index (χ1n) is 17.2. The number of ether oxygens (including phenoxy) is 3. The highest BCUT2D eigenvalue weighted by Gasteiger charge is 2.53. The van der Waals surface area contributed by atoms with Crippen molar-refractivity contribution in [2.75, 3.05) is 12.3 Å². The standard InChI is InChI=1S/C33H35N5O18P4/c34-31-28-32(36-20-35-31)38(21-37-28)33-30(53-27(40)17-23-12-6-2-7-13-23)29(52-26(39)16-22-10-4-1-5-11-22)25(51-33)19-50-58(43,44)55-60(47,48)56-59(45,46)54-57(41,42)49-18-24-14-8-3-9-15-24/h1-15,20-21,25,29-30,33H,16-19H2,(H,41,42)(H,43,44)(H,45,46)(H,47,48)(H2,34,35,36)/t25-,29+,30?,33-/m1/s1. The first-order valence-corrected chi connectivity index (χ1v) is 23.2. The van der Waals surface area contributed by atoms with E-state index < -0.39 is 81.0 Å². The number of fused-ring (bicyclic) bond motifs is 1. The van der Waals surface area contributed by atoms with Gasteiger partial charge in [-0.25, -0.2) is 33.2 Å². The number of phosphoric acid groups is 4. The number of carbonyl (C=O) groups excluding carboxylic acids is 2. The van der Waals surface area contributed by atoms with Gasteiger partial charge in [-0.1, -0.05) is 91.0 Å². The molecule has 3 aromatic carbocycles. The molecule has 1 aliphatic heterocycles. The molecule has 0 amide bonds. The molecule has 3 heterocycles. The molecule has 60 heavy (non-hydrogen) atoms. The largest absolute Gasteiger partial charge is 0.490 e. The van der Waals surface area contributed by atoms with E-state index in [1.165, 1.54) is 23.0 Å². The second-order valence-corrected chi connectivity index (χ2v) is 18.8. The zero-order valence-corrected chi connectivity index (χ0v) is 34.2. The molecule has 0 aliphatic carbocycles. The smallest absolute Gasteiger partial charge is 0.455 e. The number of nitrogens with zero attached hydrogens (tertiary/aromatic N) is 4. The molecule has 0 radical (unpaired) electrons. The zero-order valence-electron chi connectivity index (χ0n) is 30.6. The third kappa shape index (κ3) is 12.5. The van der Waals surface area contributed by atoms with Crippen LogP contribution in [-0.2, 0) is 83.5 Å². The highest BCUT2D eigenvalue weighted by Crippen LogP contribution is 2.71. The zero-order chi connectivity index (χ0) is 43.1. The lowest BCUT2D eigenvalue weighted by molar-refractivity contribution is -0.167. The number of phosphoric ester groups is 2. The number of rotatable bonds is 19. The van der Waals surface area contributed by atoms with Crippen molar-refractivity contribution in [3.63, 3.8) is 0 Å². The molecular weight excluding hydrogens is 878 g/mol. The Kier molecular flexibility index (Phi) is 14.3. The molecule has 1 fully saturated rings. The third-order valence-electron chi connectivity index (χ3n) is 8.12. The van der Waals surface area contributed by atoms with Gasteiger partial charge in [0.15, 0.2) is 29.9 Å². The molecule has 2 aromatic heterocycles. The maximum atomic E-state index is 13.4. The minimum atomic E-state index is -6.18. The normalized spacial score (nSPS) is 21.9. The quantitative estimate of drug-likeness (QED) is 0.0569. The summed E-state index contributed by atoms with van der Waals surface area (Å²) in [7, 11) is -23.6. The summed E-state index contributed by atoms with van der Waals surface area (Å²) < 4.78 is 91.0. The summed E-state index contributed by atoms with van der Waals surface area (Å²) in [5.74, 6) is -1.74. The molecule has 23 nitrogen and oxygen atoms in total. The molecule has 27 heteroatoms. The third-order valence-corrected chi connectivity index (χ3v) is 14.0. The number of benzene rings is 3. The molecule has 5 unspecified atom stereocenters. The van der Waals surface area contributed by atoms with Crippen LogP contribution in [0.3, 0.4) is 0 Å². The van der Waals surface area contributed by atoms with Crippen molar-refractivity contribution in [2.24, 2.45) is 0 Å². The van der Waals surface area contributed by atoms with Crippen molar-refractivity contribution >= 4 is 60.2 Å². The van der Waals surface area contributed by atoms with Crippen LogP contribution in [0.5, 0.6) is 0 Å². The Morgan fingerprint density at radius 1 is 0.650 bits per heavy atom. The Balaban J connectivity index is 1.21. The van der Waals surface area contributed by atoms with Crippen molar-refractivity contribution in [3.05, 3.63) is 120 Å². The van der Waals surface area contributed by atoms with Gasteiger partial charge >= 0.3 is 43.2 Å². The molecule has 6 N–H and O–H groups in total. The van der Waals surface area contributed by atoms with Crippen molar-refractivity contribution in [1.82, 2.24) is 19.5 Å². The molecule has 1 saturated heterocycles. The molecule has 0 spiro atoms. The van der Waals surface area contributed by atoms with Gasteiger partial charge in [0, 0.05) is 0 Å². The van der Waals surface area contributed by atoms with Gasteiger partial charge in [-0.3, -0.25) is 23.2 Å². The van der Waals surface area contributed by atoms with E-state index in [4.69, 9.17) is 24.5 Å². The number of hydrogen-bond donors (Lipinski definition) is 5. The number of hydrogen-bond acceptors (Lipinski definition) is 18. The number of esters is 2. The summed E-state index contributed by atoms with van der Waals surface area (Å²) in [6.45, 7) is -1.74. The van der Waals surface area contributed by atoms with Crippen LogP contribution in [0.1, 0.15) is 22.9 Å². The Hall–Kier alpha value is -4.53. The SMILES string of the molecule is Nc1ncnc2c1ncn2[C@@H]1O[C@H](COP(=O)(O)OP(=O)(O)OP(=O)(O)OP(=O)(O)OCc2ccccc2)[C@H](OC(=O)Cc2ccccc2)C1OC(=O)Cc1ccccc1. The molecule has 8 atom stereocenters. The van der Waals surface area contributed by atoms with Crippen LogP contribution >= 0.6 is 31.3 Å². The van der Waals surface area contributed by atoms with Crippen LogP contribution in [0.25, 0.3) is 11.2 Å². The van der Waals surface area contributed by atoms with Gasteiger partial charge in [-0.05, 0) is 16.7 Å². The minimum Gasteiger partial charge on any atom is -0.455 e. The van der Waals surface area contributed by atoms with Gasteiger partial charge in [-0.15, -0.1) is 0 Å². The number of nitrogen functional groups attached to an aromatic ring is 1. The molecule has 6 rings (SSSR count). The number of anilines is 1. The second kappa shape index (κ2) is 19.0. The average molecular weight is 914 g/mol. The fraction of sp³-hybridized carbons (Fsp3) is 0.242. The van der Waals surface area contributed by atoms with Crippen molar-refractivity contribution in [1.29, 1.82) is 0 Å². The summed E-state index contributed by atoms with van der Waals surface area (Å²) in [4.78, 5) is 79.5. The highest BCUT2D eigenvalue weighted by atomic mass is 31.3. The summed E-state index contributed by atoms with van der Waals surface area (Å²) in [6.07, 6.45) is -4.58. The summed E-state index contributed by atoms with van der Waals surface area (Å²) in [5.41, 5.74) is 7.54. The van der Waals surface area contributed by atoms with Gasteiger partial charge < -0.3 is 39.5 Å². The minimum absolute atomic E-state index is 0.0338. The fourth-order valence-corrected chi connectivity index (χ4v) is 10.6. The van der Waals surface area contributed by atoms with Crippen molar-refractivity contribution in [2.45, 2.75) is 44.0 Å². The van der Waals surface area contributed by atoms with Gasteiger partial charge in [0.2, 0.25) is 0 Å². The van der Waals surface area contributed by atoms with E-state index in [1.807, 2.05) is 0 Å². The van der Waals surface area contributed by atoms with Crippen LogP contribution in [0.2, 0.25) is 0 Å². The van der Waals surface area contributed by atoms with Gasteiger partial charge in [0.25, 0.3) is 0 Å². The van der Waals surface area contributed by atoms with Crippen LogP contribution in [0.15, 0.2) is 104 Å². The first kappa shape index (κ1) is 45.0. The molecule has 1 aliphatic rings. The number of imidazole rings is 1. The Bertz CT molecular complexity index is 2480. The number of aromatic nitrogens is 4. The van der Waals surface area contributed by atoms with Crippen molar-refractivity contribution in [3.8, 4) is 0 Å². The molecular formula is C33H35N5O18P4. The summed E-state index contributed by atoms with van der Waals surface area (Å²) >= 11 is 0. The maximum absolute atomic E-state index is 13.4. The Morgan fingerprint density at radius 2 is 1.13 bits per heavy atom. The van der Waals surface area contributed by atoms with E-state index in [9.17, 15) is 47.4 Å². The average Bonchev–Trinajstić information content (AvgIpc) is 3.74. The molecule has 0 saturated carbocycles. The highest BCUT2D eigenvalue weighted by molar-refractivity contribution is 7.69. The second-order valence-electron chi connectivity index (χ2n) is 12.6. The van der Waals surface area contributed by atoms with Crippen LogP contribution in [0, 0.1) is 0 Å². The predicted octanol–water partition coefficient (Wildman–Crippen LogP) is 4.30. The maximum Gasteiger partial charge on any atom is 0.490 e. The lowest BCUT2D eigenvalue weighted by Crippen LogP contribution is -2.41. The van der Waals surface area contributed by atoms with E-state index in [1.54, 1.807) is 78.9 Å².